The van der Waals surface area contributed by atoms with E-state index in [-0.39, 0.29) is 12.5 Å². The lowest BCUT2D eigenvalue weighted by Crippen LogP contribution is -2.07. The summed E-state index contributed by atoms with van der Waals surface area (Å²) in [5.74, 6) is -0.832. The molecule has 2 N–H and O–H groups in total. The smallest absolute Gasteiger partial charge is 0.323 e. The van der Waals surface area contributed by atoms with Crippen molar-refractivity contribution >= 4 is 17.7 Å². The molecule has 6 heteroatoms. The van der Waals surface area contributed by atoms with E-state index in [4.69, 9.17) is 5.11 Å². The maximum atomic E-state index is 10.6. The van der Waals surface area contributed by atoms with Crippen molar-refractivity contribution in [3.05, 3.63) is 12.5 Å². The molecule has 0 spiro atoms. The second-order valence-electron chi connectivity index (χ2n) is 2.51. The summed E-state index contributed by atoms with van der Waals surface area (Å²) in [5.41, 5.74) is 0. The van der Waals surface area contributed by atoms with E-state index in [1.807, 2.05) is 0 Å². The maximum absolute atomic E-state index is 10.6. The fourth-order valence-electron chi connectivity index (χ4n) is 0.848. The van der Waals surface area contributed by atoms with Crippen LogP contribution in [0.3, 0.4) is 0 Å². The van der Waals surface area contributed by atoms with E-state index in [0.29, 0.717) is 5.82 Å². The van der Waals surface area contributed by atoms with Crippen LogP contribution in [0.1, 0.15) is 6.92 Å². The molecule has 1 heterocycles. The molecule has 0 saturated heterocycles. The van der Waals surface area contributed by atoms with Crippen molar-refractivity contribution in [2.24, 2.45) is 0 Å². The van der Waals surface area contributed by atoms with Crippen molar-refractivity contribution in [2.45, 2.75) is 13.5 Å². The average molecular weight is 183 g/mol. The molecule has 0 unspecified atom stereocenters. The van der Waals surface area contributed by atoms with E-state index >= 15 is 0 Å². The summed E-state index contributed by atoms with van der Waals surface area (Å²) < 4.78 is 1.37. The molecule has 1 aromatic heterocycles. The van der Waals surface area contributed by atoms with Crippen LogP contribution in [0, 0.1) is 0 Å². The number of imidazole rings is 1. The number of anilines is 1. The minimum absolute atomic E-state index is 0.160. The first-order chi connectivity index (χ1) is 6.08. The summed E-state index contributed by atoms with van der Waals surface area (Å²) >= 11 is 0. The van der Waals surface area contributed by atoms with Gasteiger partial charge in [-0.3, -0.25) is 9.59 Å². The molecule has 1 aromatic rings. The first-order valence-corrected chi connectivity index (χ1v) is 3.59. The van der Waals surface area contributed by atoms with Crippen LogP contribution in [0.25, 0.3) is 0 Å². The molecular formula is C7H9N3O3. The van der Waals surface area contributed by atoms with E-state index < -0.39 is 5.97 Å². The molecule has 0 fully saturated rings. The summed E-state index contributed by atoms with van der Waals surface area (Å²) in [6.45, 7) is 1.20. The molecule has 0 radical (unpaired) electrons. The molecule has 1 rings (SSSR count). The number of nitrogens with zero attached hydrogens (tertiary/aromatic N) is 2. The largest absolute Gasteiger partial charge is 0.480 e. The third kappa shape index (κ3) is 2.94. The van der Waals surface area contributed by atoms with E-state index in [1.54, 1.807) is 0 Å². The quantitative estimate of drug-likeness (QED) is 0.686. The number of hydrogen-bond acceptors (Lipinski definition) is 3. The Labute approximate surface area is 74.2 Å². The second-order valence-corrected chi connectivity index (χ2v) is 2.51. The van der Waals surface area contributed by atoms with Gasteiger partial charge in [0, 0.05) is 13.1 Å². The number of rotatable bonds is 3. The van der Waals surface area contributed by atoms with Gasteiger partial charge in [-0.05, 0) is 0 Å². The number of carboxylic acid groups (broad SMARTS) is 1. The Morgan fingerprint density at radius 3 is 2.92 bits per heavy atom. The Balaban J connectivity index is 2.63. The van der Waals surface area contributed by atoms with Crippen molar-refractivity contribution in [3.8, 4) is 0 Å². The minimum Gasteiger partial charge on any atom is -0.480 e. The molecule has 1 amide bonds. The summed E-state index contributed by atoms with van der Waals surface area (Å²) in [6.07, 6.45) is 2.80. The molecule has 0 bridgehead atoms. The van der Waals surface area contributed by atoms with E-state index in [1.165, 1.54) is 24.0 Å². The number of hydrogen-bond donors (Lipinski definition) is 2. The molecule has 0 aliphatic heterocycles. The van der Waals surface area contributed by atoms with Gasteiger partial charge < -0.3 is 15.0 Å². The monoisotopic (exact) mass is 183 g/mol. The molecule has 6 nitrogen and oxygen atoms in total. The zero-order valence-corrected chi connectivity index (χ0v) is 7.02. The highest BCUT2D eigenvalue weighted by Crippen LogP contribution is 2.01. The number of aliphatic carboxylic acids is 1. The molecule has 0 aliphatic carbocycles. The third-order valence-electron chi connectivity index (χ3n) is 1.26. The molecule has 13 heavy (non-hydrogen) atoms. The van der Waals surface area contributed by atoms with Crippen molar-refractivity contribution < 1.29 is 14.7 Å². The van der Waals surface area contributed by atoms with Crippen LogP contribution in [-0.2, 0) is 16.1 Å². The van der Waals surface area contributed by atoms with Gasteiger partial charge in [-0.15, -0.1) is 0 Å². The fourth-order valence-corrected chi connectivity index (χ4v) is 0.848. The first-order valence-electron chi connectivity index (χ1n) is 3.59. The summed E-state index contributed by atoms with van der Waals surface area (Å²) in [5, 5.41) is 10.9. The van der Waals surface area contributed by atoms with E-state index in [0.717, 1.165) is 0 Å². The zero-order valence-electron chi connectivity index (χ0n) is 7.02. The SMILES string of the molecule is CC(=O)Nc1cn(CC(=O)O)cn1. The third-order valence-corrected chi connectivity index (χ3v) is 1.26. The van der Waals surface area contributed by atoms with E-state index in [9.17, 15) is 9.59 Å². The van der Waals surface area contributed by atoms with Gasteiger partial charge in [0.05, 0.1) is 6.33 Å². The summed E-state index contributed by atoms with van der Waals surface area (Å²) in [4.78, 5) is 24.6. The van der Waals surface area contributed by atoms with Gasteiger partial charge in [0.25, 0.3) is 0 Å². The Bertz CT molecular complexity index is 301. The Morgan fingerprint density at radius 2 is 2.38 bits per heavy atom. The topological polar surface area (TPSA) is 84.2 Å². The molecular weight excluding hydrogens is 174 g/mol. The summed E-state index contributed by atoms with van der Waals surface area (Å²) in [6, 6.07) is 0. The number of aromatic nitrogens is 2. The zero-order chi connectivity index (χ0) is 9.84. The van der Waals surface area contributed by atoms with Gasteiger partial charge in [-0.25, -0.2) is 4.98 Å². The van der Waals surface area contributed by atoms with Crippen LogP contribution in [0.2, 0.25) is 0 Å². The first kappa shape index (κ1) is 9.24. The number of amides is 1. The van der Waals surface area contributed by atoms with Crippen LogP contribution in [0.5, 0.6) is 0 Å². The number of carbonyl (C=O) groups excluding carboxylic acids is 1. The number of carboxylic acids is 1. The normalized spacial score (nSPS) is 9.62. The van der Waals surface area contributed by atoms with Crippen molar-refractivity contribution in [3.63, 3.8) is 0 Å². The van der Waals surface area contributed by atoms with Gasteiger partial charge in [0.15, 0.2) is 5.82 Å². The predicted octanol–water partition coefficient (Wildman–Crippen LogP) is -0.0739. The van der Waals surface area contributed by atoms with E-state index in [2.05, 4.69) is 10.3 Å². The molecule has 0 atom stereocenters. The number of carbonyl (C=O) groups is 2. The Morgan fingerprint density at radius 1 is 1.69 bits per heavy atom. The molecule has 0 saturated carbocycles. The summed E-state index contributed by atoms with van der Waals surface area (Å²) in [7, 11) is 0. The average Bonchev–Trinajstić information content (AvgIpc) is 2.33. The number of nitrogens with one attached hydrogen (secondary N) is 1. The van der Waals surface area contributed by atoms with Crippen LogP contribution in [0.15, 0.2) is 12.5 Å². The highest BCUT2D eigenvalue weighted by atomic mass is 16.4. The Kier molecular flexibility index (Phi) is 2.63. The van der Waals surface area contributed by atoms with Crippen LogP contribution in [-0.4, -0.2) is 26.5 Å². The Hall–Kier alpha value is -1.85. The van der Waals surface area contributed by atoms with Crippen LogP contribution >= 0.6 is 0 Å². The molecule has 0 aromatic carbocycles. The van der Waals surface area contributed by atoms with Crippen molar-refractivity contribution in [2.75, 3.05) is 5.32 Å². The fraction of sp³-hybridized carbons (Fsp3) is 0.286. The lowest BCUT2D eigenvalue weighted by Gasteiger charge is -1.95. The predicted molar refractivity (Wildman–Crippen MR) is 44.2 cm³/mol. The van der Waals surface area contributed by atoms with Crippen LogP contribution < -0.4 is 5.32 Å². The lowest BCUT2D eigenvalue weighted by molar-refractivity contribution is -0.137. The van der Waals surface area contributed by atoms with Gasteiger partial charge in [-0.2, -0.15) is 0 Å². The lowest BCUT2D eigenvalue weighted by atomic mass is 10.6. The minimum atomic E-state index is -0.952. The maximum Gasteiger partial charge on any atom is 0.323 e. The highest BCUT2D eigenvalue weighted by molar-refractivity contribution is 5.87. The standard InChI is InChI=1S/C7H9N3O3/c1-5(11)9-6-2-10(4-8-6)3-7(12)13/h2,4H,3H2,1H3,(H,9,11)(H,12,13). The molecule has 70 valence electrons. The van der Waals surface area contributed by atoms with Gasteiger partial charge in [-0.1, -0.05) is 0 Å². The molecule has 0 aliphatic rings. The second kappa shape index (κ2) is 3.70. The van der Waals surface area contributed by atoms with Crippen molar-refractivity contribution in [1.29, 1.82) is 0 Å². The van der Waals surface area contributed by atoms with Crippen molar-refractivity contribution in [1.82, 2.24) is 9.55 Å². The van der Waals surface area contributed by atoms with Gasteiger partial charge in [0.1, 0.15) is 6.54 Å². The van der Waals surface area contributed by atoms with Gasteiger partial charge >= 0.3 is 5.97 Å². The van der Waals surface area contributed by atoms with Crippen LogP contribution in [0.4, 0.5) is 5.82 Å². The van der Waals surface area contributed by atoms with Gasteiger partial charge in [0.2, 0.25) is 5.91 Å². The highest BCUT2D eigenvalue weighted by Gasteiger charge is 2.02.